The molecular formula is C12H17NO2. The van der Waals surface area contributed by atoms with E-state index in [1.54, 1.807) is 18.2 Å². The monoisotopic (exact) mass is 207 g/mol. The SMILES string of the molecule is C=C/C=c1/[nH]c(C(=O)O)c/c1=C/C.CC. The van der Waals surface area contributed by atoms with E-state index in [0.717, 1.165) is 10.6 Å². The number of nitrogens with one attached hydrogen (secondary N) is 1. The second kappa shape index (κ2) is 6.65. The molecule has 0 saturated carbocycles. The number of carboxylic acids is 1. The molecule has 0 radical (unpaired) electrons. The van der Waals surface area contributed by atoms with Crippen molar-refractivity contribution in [3.05, 3.63) is 35.0 Å². The third-order valence-electron chi connectivity index (χ3n) is 1.71. The Morgan fingerprint density at radius 2 is 2.13 bits per heavy atom. The largest absolute Gasteiger partial charge is 0.477 e. The Kier molecular flexibility index (Phi) is 5.86. The molecular weight excluding hydrogens is 190 g/mol. The minimum Gasteiger partial charge on any atom is -0.477 e. The Balaban J connectivity index is 0.000000921. The van der Waals surface area contributed by atoms with Gasteiger partial charge in [0.1, 0.15) is 5.69 Å². The molecule has 0 aromatic carbocycles. The fourth-order valence-corrected chi connectivity index (χ4v) is 1.10. The highest BCUT2D eigenvalue weighted by atomic mass is 16.4. The Hall–Kier alpha value is -1.77. The maximum Gasteiger partial charge on any atom is 0.352 e. The van der Waals surface area contributed by atoms with Gasteiger partial charge in [0, 0.05) is 5.35 Å². The summed E-state index contributed by atoms with van der Waals surface area (Å²) in [6.07, 6.45) is 5.20. The van der Waals surface area contributed by atoms with Crippen LogP contribution in [-0.2, 0) is 0 Å². The molecule has 82 valence electrons. The van der Waals surface area contributed by atoms with Gasteiger partial charge in [-0.15, -0.1) is 0 Å². The molecule has 1 heterocycles. The van der Waals surface area contributed by atoms with Gasteiger partial charge in [-0.3, -0.25) is 0 Å². The van der Waals surface area contributed by atoms with Gasteiger partial charge in [-0.25, -0.2) is 4.79 Å². The van der Waals surface area contributed by atoms with Crippen LogP contribution in [0.5, 0.6) is 0 Å². The lowest BCUT2D eigenvalue weighted by Gasteiger charge is -1.82. The lowest BCUT2D eigenvalue weighted by Crippen LogP contribution is -2.21. The number of allylic oxidation sites excluding steroid dienone is 1. The summed E-state index contributed by atoms with van der Waals surface area (Å²) in [6, 6.07) is 1.59. The second-order valence-electron chi connectivity index (χ2n) is 2.55. The highest BCUT2D eigenvalue weighted by Crippen LogP contribution is 1.85. The number of carboxylic acid groups (broad SMARTS) is 1. The summed E-state index contributed by atoms with van der Waals surface area (Å²) >= 11 is 0. The summed E-state index contributed by atoms with van der Waals surface area (Å²) in [5, 5.41) is 10.3. The molecule has 1 rings (SSSR count). The molecule has 15 heavy (non-hydrogen) atoms. The smallest absolute Gasteiger partial charge is 0.352 e. The lowest BCUT2D eigenvalue weighted by atomic mass is 10.3. The lowest BCUT2D eigenvalue weighted by molar-refractivity contribution is 0.0691. The van der Waals surface area contributed by atoms with Crippen LogP contribution in [0.15, 0.2) is 18.7 Å². The second-order valence-corrected chi connectivity index (χ2v) is 2.55. The molecule has 0 spiro atoms. The number of carbonyl (C=O) groups is 1. The maximum atomic E-state index is 10.6. The van der Waals surface area contributed by atoms with Crippen LogP contribution < -0.4 is 10.6 Å². The quantitative estimate of drug-likeness (QED) is 0.772. The van der Waals surface area contributed by atoms with Crippen LogP contribution in [0, 0.1) is 0 Å². The van der Waals surface area contributed by atoms with Crippen LogP contribution >= 0.6 is 0 Å². The minimum atomic E-state index is -0.952. The van der Waals surface area contributed by atoms with Crippen LogP contribution in [0.25, 0.3) is 12.2 Å². The van der Waals surface area contributed by atoms with Crippen molar-refractivity contribution in [2.24, 2.45) is 0 Å². The molecule has 0 aliphatic heterocycles. The summed E-state index contributed by atoms with van der Waals surface area (Å²) in [4.78, 5) is 13.4. The molecule has 1 aromatic rings. The number of aromatic amines is 1. The van der Waals surface area contributed by atoms with Gasteiger partial charge in [0.25, 0.3) is 0 Å². The molecule has 3 heteroatoms. The standard InChI is InChI=1S/C10H11NO2.C2H6/c1-3-5-8-7(4-2)6-9(11-8)10(12)13;1-2/h3-6,11H,1H2,2H3,(H,12,13);1-2H3/b7-4-,8-5+;. The first-order valence-electron chi connectivity index (χ1n) is 4.90. The van der Waals surface area contributed by atoms with E-state index in [-0.39, 0.29) is 5.69 Å². The first-order valence-corrected chi connectivity index (χ1v) is 4.90. The Labute approximate surface area is 89.5 Å². The molecule has 0 aliphatic carbocycles. The van der Waals surface area contributed by atoms with Crippen LogP contribution in [0.2, 0.25) is 0 Å². The van der Waals surface area contributed by atoms with Gasteiger partial charge in [-0.2, -0.15) is 0 Å². The van der Waals surface area contributed by atoms with Crippen molar-refractivity contribution in [2.75, 3.05) is 0 Å². The van der Waals surface area contributed by atoms with Crippen molar-refractivity contribution in [1.29, 1.82) is 0 Å². The van der Waals surface area contributed by atoms with E-state index in [1.807, 2.05) is 26.8 Å². The number of hydrogen-bond acceptors (Lipinski definition) is 1. The highest BCUT2D eigenvalue weighted by Gasteiger charge is 2.03. The summed E-state index contributed by atoms with van der Waals surface area (Å²) in [5.41, 5.74) is 0.196. The summed E-state index contributed by atoms with van der Waals surface area (Å²) in [7, 11) is 0. The van der Waals surface area contributed by atoms with Gasteiger partial charge in [0.2, 0.25) is 0 Å². The Bertz CT molecular complexity index is 441. The van der Waals surface area contributed by atoms with E-state index < -0.39 is 5.97 Å². The number of aromatic nitrogens is 1. The van der Waals surface area contributed by atoms with Crippen LogP contribution in [0.4, 0.5) is 0 Å². The molecule has 0 unspecified atom stereocenters. The normalized spacial score (nSPS) is 11.9. The zero-order valence-electron chi connectivity index (χ0n) is 9.37. The van der Waals surface area contributed by atoms with E-state index in [9.17, 15) is 4.79 Å². The van der Waals surface area contributed by atoms with Gasteiger partial charge in [0.05, 0.1) is 0 Å². The number of rotatable bonds is 2. The number of hydrogen-bond donors (Lipinski definition) is 2. The summed E-state index contributed by atoms with van der Waals surface area (Å²) < 4.78 is 0. The zero-order chi connectivity index (χ0) is 11.8. The zero-order valence-corrected chi connectivity index (χ0v) is 9.37. The van der Waals surface area contributed by atoms with Gasteiger partial charge < -0.3 is 10.1 Å². The first kappa shape index (κ1) is 13.2. The van der Waals surface area contributed by atoms with Crippen molar-refractivity contribution in [2.45, 2.75) is 20.8 Å². The van der Waals surface area contributed by atoms with Crippen molar-refractivity contribution < 1.29 is 9.90 Å². The van der Waals surface area contributed by atoms with Crippen molar-refractivity contribution in [3.63, 3.8) is 0 Å². The Morgan fingerprint density at radius 3 is 2.53 bits per heavy atom. The molecule has 0 aliphatic rings. The van der Waals surface area contributed by atoms with Crippen LogP contribution in [0.3, 0.4) is 0 Å². The van der Waals surface area contributed by atoms with Gasteiger partial charge in [-0.1, -0.05) is 32.6 Å². The van der Waals surface area contributed by atoms with Gasteiger partial charge in [-0.05, 0) is 24.3 Å². The molecule has 0 saturated heterocycles. The van der Waals surface area contributed by atoms with E-state index in [2.05, 4.69) is 11.6 Å². The van der Waals surface area contributed by atoms with Crippen molar-refractivity contribution in [3.8, 4) is 0 Å². The molecule has 0 bridgehead atoms. The molecule has 0 amide bonds. The van der Waals surface area contributed by atoms with E-state index in [4.69, 9.17) is 5.11 Å². The number of H-pyrrole nitrogens is 1. The van der Waals surface area contributed by atoms with Crippen molar-refractivity contribution >= 4 is 18.1 Å². The van der Waals surface area contributed by atoms with E-state index in [1.165, 1.54) is 0 Å². The minimum absolute atomic E-state index is 0.196. The number of aromatic carboxylic acids is 1. The maximum absolute atomic E-state index is 10.6. The summed E-state index contributed by atoms with van der Waals surface area (Å²) in [5.74, 6) is -0.952. The highest BCUT2D eigenvalue weighted by molar-refractivity contribution is 5.85. The Morgan fingerprint density at radius 1 is 1.53 bits per heavy atom. The first-order chi connectivity index (χ1) is 7.19. The van der Waals surface area contributed by atoms with Crippen LogP contribution in [0.1, 0.15) is 31.3 Å². The van der Waals surface area contributed by atoms with E-state index >= 15 is 0 Å². The predicted molar refractivity (Wildman–Crippen MR) is 63.2 cm³/mol. The van der Waals surface area contributed by atoms with E-state index in [0.29, 0.717) is 0 Å². The van der Waals surface area contributed by atoms with Gasteiger partial charge >= 0.3 is 5.97 Å². The molecule has 1 aromatic heterocycles. The molecule has 0 fully saturated rings. The summed E-state index contributed by atoms with van der Waals surface area (Å²) in [6.45, 7) is 9.40. The molecule has 3 nitrogen and oxygen atoms in total. The average molecular weight is 207 g/mol. The third-order valence-corrected chi connectivity index (χ3v) is 1.71. The van der Waals surface area contributed by atoms with Gasteiger partial charge in [0.15, 0.2) is 0 Å². The average Bonchev–Trinajstić information content (AvgIpc) is 2.65. The predicted octanol–water partition coefficient (Wildman–Crippen LogP) is 1.51. The van der Waals surface area contributed by atoms with Crippen LogP contribution in [-0.4, -0.2) is 16.1 Å². The third kappa shape index (κ3) is 3.46. The molecule has 0 atom stereocenters. The molecule has 2 N–H and O–H groups in total. The topological polar surface area (TPSA) is 53.1 Å². The van der Waals surface area contributed by atoms with Crippen molar-refractivity contribution in [1.82, 2.24) is 4.98 Å². The fourth-order valence-electron chi connectivity index (χ4n) is 1.10. The fraction of sp³-hybridized carbons (Fsp3) is 0.250.